The molecule has 1 aromatic heterocycles. The molecular weight excluding hydrogens is 425 g/mol. The number of aromatic amines is 1. The van der Waals surface area contributed by atoms with Gasteiger partial charge in [-0.1, -0.05) is 25.1 Å². The number of rotatable bonds is 6. The number of para-hydroxylation sites is 1. The third kappa shape index (κ3) is 5.34. The minimum atomic E-state index is 0. The highest BCUT2D eigenvalue weighted by atomic mass is 127. The maximum absolute atomic E-state index is 4.34. The summed E-state index contributed by atoms with van der Waals surface area (Å²) >= 11 is 0. The third-order valence-corrected chi connectivity index (χ3v) is 4.96. The van der Waals surface area contributed by atoms with Crippen LogP contribution in [0.25, 0.3) is 10.9 Å². The van der Waals surface area contributed by atoms with Gasteiger partial charge in [0.2, 0.25) is 0 Å². The van der Waals surface area contributed by atoms with Gasteiger partial charge >= 0.3 is 0 Å². The van der Waals surface area contributed by atoms with Gasteiger partial charge < -0.3 is 20.5 Å². The van der Waals surface area contributed by atoms with E-state index < -0.39 is 0 Å². The molecule has 6 heteroatoms. The van der Waals surface area contributed by atoms with Crippen LogP contribution in [0.5, 0.6) is 0 Å². The number of hydrogen-bond acceptors (Lipinski definition) is 2. The average Bonchev–Trinajstić information content (AvgIpc) is 3.25. The van der Waals surface area contributed by atoms with Crippen molar-refractivity contribution >= 4 is 40.8 Å². The number of hydrogen-bond donors (Lipinski definition) is 3. The van der Waals surface area contributed by atoms with Crippen LogP contribution in [0.3, 0.4) is 0 Å². The first-order chi connectivity index (χ1) is 11.8. The van der Waals surface area contributed by atoms with Gasteiger partial charge in [0, 0.05) is 43.8 Å². The number of aromatic nitrogens is 1. The minimum Gasteiger partial charge on any atom is -0.361 e. The molecule has 25 heavy (non-hydrogen) atoms. The second kappa shape index (κ2) is 10.0. The SMILES string of the molecule is CCN1CCC(CNC(=NC)NCCc2c[nH]c3ccccc23)C1.I. The normalized spacial score (nSPS) is 18.3. The predicted octanol–water partition coefficient (Wildman–Crippen LogP) is 2.84. The highest BCUT2D eigenvalue weighted by Gasteiger charge is 2.20. The van der Waals surface area contributed by atoms with E-state index in [4.69, 9.17) is 0 Å². The van der Waals surface area contributed by atoms with Crippen molar-refractivity contribution < 1.29 is 0 Å². The summed E-state index contributed by atoms with van der Waals surface area (Å²) in [4.78, 5) is 10.2. The van der Waals surface area contributed by atoms with Gasteiger partial charge in [0.05, 0.1) is 0 Å². The molecule has 1 aliphatic rings. The molecule has 0 radical (unpaired) electrons. The van der Waals surface area contributed by atoms with E-state index in [1.165, 1.54) is 36.0 Å². The molecule has 1 aliphatic heterocycles. The number of likely N-dealkylation sites (tertiary alicyclic amines) is 1. The molecule has 1 aromatic carbocycles. The molecule has 1 atom stereocenters. The lowest BCUT2D eigenvalue weighted by Crippen LogP contribution is -2.41. The molecule has 2 aromatic rings. The maximum atomic E-state index is 4.34. The molecule has 0 aliphatic carbocycles. The molecular formula is C19H30IN5. The van der Waals surface area contributed by atoms with E-state index in [1.54, 1.807) is 0 Å². The highest BCUT2D eigenvalue weighted by molar-refractivity contribution is 14.0. The molecule has 1 saturated heterocycles. The summed E-state index contributed by atoms with van der Waals surface area (Å²) in [5, 5.41) is 8.22. The van der Waals surface area contributed by atoms with Gasteiger partial charge in [0.1, 0.15) is 0 Å². The molecule has 5 nitrogen and oxygen atoms in total. The largest absolute Gasteiger partial charge is 0.361 e. The van der Waals surface area contributed by atoms with Gasteiger partial charge in [-0.15, -0.1) is 24.0 Å². The molecule has 2 heterocycles. The Morgan fingerprint density at radius 3 is 2.92 bits per heavy atom. The number of H-pyrrole nitrogens is 1. The lowest BCUT2D eigenvalue weighted by atomic mass is 10.1. The van der Waals surface area contributed by atoms with Gasteiger partial charge in [-0.3, -0.25) is 4.99 Å². The number of aliphatic imine (C=N–C) groups is 1. The van der Waals surface area contributed by atoms with Crippen molar-refractivity contribution in [3.63, 3.8) is 0 Å². The van der Waals surface area contributed by atoms with E-state index in [0.29, 0.717) is 0 Å². The van der Waals surface area contributed by atoms with E-state index in [9.17, 15) is 0 Å². The Balaban J connectivity index is 0.00000225. The standard InChI is InChI=1S/C19H29N5.HI/c1-3-24-11-9-15(14-24)12-23-19(20-2)21-10-8-16-13-22-18-7-5-4-6-17(16)18;/h4-7,13,15,22H,3,8-12,14H2,1-2H3,(H2,20,21,23);1H. The lowest BCUT2D eigenvalue weighted by molar-refractivity contribution is 0.342. The topological polar surface area (TPSA) is 55.4 Å². The zero-order valence-corrected chi connectivity index (χ0v) is 17.5. The van der Waals surface area contributed by atoms with Crippen molar-refractivity contribution in [2.24, 2.45) is 10.9 Å². The Hall–Kier alpha value is -1.28. The van der Waals surface area contributed by atoms with Crippen LogP contribution in [-0.2, 0) is 6.42 Å². The number of benzene rings is 1. The summed E-state index contributed by atoms with van der Waals surface area (Å²) in [7, 11) is 1.84. The number of nitrogens with one attached hydrogen (secondary N) is 3. The number of halogens is 1. The number of fused-ring (bicyclic) bond motifs is 1. The van der Waals surface area contributed by atoms with Gasteiger partial charge in [-0.05, 0) is 43.5 Å². The van der Waals surface area contributed by atoms with Gasteiger partial charge in [0.15, 0.2) is 5.96 Å². The first kappa shape index (κ1) is 20.0. The molecule has 3 N–H and O–H groups in total. The number of guanidine groups is 1. The molecule has 1 unspecified atom stereocenters. The van der Waals surface area contributed by atoms with Crippen LogP contribution in [0, 0.1) is 5.92 Å². The fourth-order valence-corrected chi connectivity index (χ4v) is 3.48. The quantitative estimate of drug-likeness (QED) is 0.357. The Bertz CT molecular complexity index is 681. The Kier molecular flexibility index (Phi) is 8.02. The zero-order valence-electron chi connectivity index (χ0n) is 15.2. The van der Waals surface area contributed by atoms with Crippen molar-refractivity contribution in [3.05, 3.63) is 36.0 Å². The molecule has 0 amide bonds. The van der Waals surface area contributed by atoms with Crippen LogP contribution >= 0.6 is 24.0 Å². The summed E-state index contributed by atoms with van der Waals surface area (Å²) in [5.41, 5.74) is 2.56. The fraction of sp³-hybridized carbons (Fsp3) is 0.526. The van der Waals surface area contributed by atoms with E-state index in [0.717, 1.165) is 37.9 Å². The summed E-state index contributed by atoms with van der Waals surface area (Å²) in [6.45, 7) is 7.72. The van der Waals surface area contributed by atoms with Crippen molar-refractivity contribution in [1.29, 1.82) is 0 Å². The van der Waals surface area contributed by atoms with Gasteiger partial charge in [-0.25, -0.2) is 0 Å². The molecule has 1 fully saturated rings. The summed E-state index contributed by atoms with van der Waals surface area (Å²) in [6, 6.07) is 8.45. The van der Waals surface area contributed by atoms with Crippen molar-refractivity contribution in [2.75, 3.05) is 39.8 Å². The van der Waals surface area contributed by atoms with E-state index in [-0.39, 0.29) is 24.0 Å². The van der Waals surface area contributed by atoms with Gasteiger partial charge in [-0.2, -0.15) is 0 Å². The van der Waals surface area contributed by atoms with Gasteiger partial charge in [0.25, 0.3) is 0 Å². The van der Waals surface area contributed by atoms with Crippen LogP contribution in [0.4, 0.5) is 0 Å². The molecule has 138 valence electrons. The van der Waals surface area contributed by atoms with Crippen LogP contribution in [-0.4, -0.2) is 55.6 Å². The van der Waals surface area contributed by atoms with Crippen molar-refractivity contribution in [3.8, 4) is 0 Å². The Labute approximate surface area is 167 Å². The average molecular weight is 455 g/mol. The fourth-order valence-electron chi connectivity index (χ4n) is 3.48. The third-order valence-electron chi connectivity index (χ3n) is 4.96. The lowest BCUT2D eigenvalue weighted by Gasteiger charge is -2.16. The monoisotopic (exact) mass is 455 g/mol. The second-order valence-electron chi connectivity index (χ2n) is 6.54. The van der Waals surface area contributed by atoms with Crippen molar-refractivity contribution in [1.82, 2.24) is 20.5 Å². The van der Waals surface area contributed by atoms with Crippen LogP contribution in [0.2, 0.25) is 0 Å². The van der Waals surface area contributed by atoms with Crippen LogP contribution in [0.15, 0.2) is 35.5 Å². The molecule has 0 saturated carbocycles. The smallest absolute Gasteiger partial charge is 0.190 e. The van der Waals surface area contributed by atoms with Crippen molar-refractivity contribution in [2.45, 2.75) is 19.8 Å². The van der Waals surface area contributed by atoms with Crippen LogP contribution in [0.1, 0.15) is 18.9 Å². The maximum Gasteiger partial charge on any atom is 0.190 e. The summed E-state index contributed by atoms with van der Waals surface area (Å²) in [5.74, 6) is 1.64. The Morgan fingerprint density at radius 2 is 2.16 bits per heavy atom. The number of nitrogens with zero attached hydrogens (tertiary/aromatic N) is 2. The Morgan fingerprint density at radius 1 is 1.32 bits per heavy atom. The van der Waals surface area contributed by atoms with Crippen LogP contribution < -0.4 is 10.6 Å². The van der Waals surface area contributed by atoms with E-state index >= 15 is 0 Å². The molecule has 0 spiro atoms. The zero-order chi connectivity index (χ0) is 16.8. The summed E-state index contributed by atoms with van der Waals surface area (Å²) in [6.07, 6.45) is 4.38. The van der Waals surface area contributed by atoms with E-state index in [2.05, 4.69) is 62.9 Å². The second-order valence-corrected chi connectivity index (χ2v) is 6.54. The minimum absolute atomic E-state index is 0. The predicted molar refractivity (Wildman–Crippen MR) is 117 cm³/mol. The first-order valence-corrected chi connectivity index (χ1v) is 9.02. The highest BCUT2D eigenvalue weighted by Crippen LogP contribution is 2.17. The molecule has 3 rings (SSSR count). The van der Waals surface area contributed by atoms with E-state index in [1.807, 2.05) is 7.05 Å². The molecule has 0 bridgehead atoms. The summed E-state index contributed by atoms with van der Waals surface area (Å²) < 4.78 is 0. The first-order valence-electron chi connectivity index (χ1n) is 9.02.